The standard InChI is InChI=1S/C20H25N3O4S/c1-5-16-8-6-7-14(2)20(16)22-19(25)13-23(4)28(26,27)18-11-9-17(10-12-18)21-15(3)24/h6-12H,5,13H2,1-4H3,(H,21,24)(H,22,25). The molecule has 0 heterocycles. The fourth-order valence-electron chi connectivity index (χ4n) is 2.76. The molecule has 8 heteroatoms. The van der Waals surface area contributed by atoms with E-state index in [4.69, 9.17) is 0 Å². The molecule has 0 saturated carbocycles. The number of benzene rings is 2. The first-order valence-electron chi connectivity index (χ1n) is 8.87. The second-order valence-corrected chi connectivity index (χ2v) is 8.52. The number of likely N-dealkylation sites (N-methyl/N-ethyl adjacent to an activating group) is 1. The highest BCUT2D eigenvalue weighted by molar-refractivity contribution is 7.89. The van der Waals surface area contributed by atoms with Gasteiger partial charge in [0.1, 0.15) is 0 Å². The monoisotopic (exact) mass is 403 g/mol. The Morgan fingerprint density at radius 3 is 2.25 bits per heavy atom. The second-order valence-electron chi connectivity index (χ2n) is 6.48. The van der Waals surface area contributed by atoms with Crippen LogP contribution in [0.3, 0.4) is 0 Å². The van der Waals surface area contributed by atoms with Gasteiger partial charge in [0, 0.05) is 25.3 Å². The lowest BCUT2D eigenvalue weighted by molar-refractivity contribution is -0.116. The van der Waals surface area contributed by atoms with Gasteiger partial charge in [-0.15, -0.1) is 0 Å². The molecular weight excluding hydrogens is 378 g/mol. The summed E-state index contributed by atoms with van der Waals surface area (Å²) in [5.74, 6) is -0.656. The molecule has 0 aliphatic heterocycles. The lowest BCUT2D eigenvalue weighted by atomic mass is 10.1. The van der Waals surface area contributed by atoms with Crippen LogP contribution in [0.2, 0.25) is 0 Å². The van der Waals surface area contributed by atoms with E-state index in [0.29, 0.717) is 5.69 Å². The van der Waals surface area contributed by atoms with Crippen molar-refractivity contribution in [3.05, 3.63) is 53.6 Å². The number of nitrogens with one attached hydrogen (secondary N) is 2. The van der Waals surface area contributed by atoms with Crippen molar-refractivity contribution in [3.63, 3.8) is 0 Å². The smallest absolute Gasteiger partial charge is 0.243 e. The van der Waals surface area contributed by atoms with Crippen molar-refractivity contribution < 1.29 is 18.0 Å². The van der Waals surface area contributed by atoms with Gasteiger partial charge in [-0.3, -0.25) is 9.59 Å². The molecule has 0 saturated heterocycles. The van der Waals surface area contributed by atoms with E-state index in [0.717, 1.165) is 27.5 Å². The Balaban J connectivity index is 2.11. The Morgan fingerprint density at radius 2 is 1.68 bits per heavy atom. The van der Waals surface area contributed by atoms with Crippen molar-refractivity contribution in [1.29, 1.82) is 0 Å². The molecule has 0 bridgehead atoms. The van der Waals surface area contributed by atoms with E-state index < -0.39 is 15.9 Å². The maximum Gasteiger partial charge on any atom is 0.243 e. The zero-order chi connectivity index (χ0) is 20.9. The highest BCUT2D eigenvalue weighted by atomic mass is 32.2. The first kappa shape index (κ1) is 21.6. The molecule has 0 fully saturated rings. The lowest BCUT2D eigenvalue weighted by Crippen LogP contribution is -2.35. The molecule has 0 aliphatic rings. The van der Waals surface area contributed by atoms with Crippen LogP contribution in [0.15, 0.2) is 47.4 Å². The predicted octanol–water partition coefficient (Wildman–Crippen LogP) is 2.78. The number of hydrogen-bond acceptors (Lipinski definition) is 4. The SMILES string of the molecule is CCc1cccc(C)c1NC(=O)CN(C)S(=O)(=O)c1ccc(NC(C)=O)cc1. The molecule has 0 aliphatic carbocycles. The number of hydrogen-bond donors (Lipinski definition) is 2. The minimum atomic E-state index is -3.84. The van der Waals surface area contributed by atoms with Crippen LogP contribution in [0.1, 0.15) is 25.0 Å². The Morgan fingerprint density at radius 1 is 1.04 bits per heavy atom. The molecule has 2 aromatic carbocycles. The van der Waals surface area contributed by atoms with Gasteiger partial charge in [-0.05, 0) is 48.7 Å². The maximum absolute atomic E-state index is 12.7. The first-order valence-corrected chi connectivity index (χ1v) is 10.3. The van der Waals surface area contributed by atoms with Crippen LogP contribution >= 0.6 is 0 Å². The fraction of sp³-hybridized carbons (Fsp3) is 0.300. The lowest BCUT2D eigenvalue weighted by Gasteiger charge is -2.18. The second kappa shape index (κ2) is 8.99. The number of amides is 2. The number of carbonyl (C=O) groups is 2. The number of nitrogens with zero attached hydrogens (tertiary/aromatic N) is 1. The van der Waals surface area contributed by atoms with Crippen molar-refractivity contribution in [2.24, 2.45) is 0 Å². The van der Waals surface area contributed by atoms with Crippen molar-refractivity contribution in [1.82, 2.24) is 4.31 Å². The van der Waals surface area contributed by atoms with Gasteiger partial charge in [-0.25, -0.2) is 8.42 Å². The van der Waals surface area contributed by atoms with E-state index in [1.807, 2.05) is 32.0 Å². The summed E-state index contributed by atoms with van der Waals surface area (Å²) in [4.78, 5) is 23.5. The number of sulfonamides is 1. The molecule has 0 unspecified atom stereocenters. The Hall–Kier alpha value is -2.71. The summed E-state index contributed by atoms with van der Waals surface area (Å²) in [6, 6.07) is 11.5. The molecule has 0 aromatic heterocycles. The number of carbonyl (C=O) groups excluding carboxylic acids is 2. The first-order chi connectivity index (χ1) is 13.1. The summed E-state index contributed by atoms with van der Waals surface area (Å²) < 4.78 is 26.4. The summed E-state index contributed by atoms with van der Waals surface area (Å²) in [7, 11) is -2.48. The maximum atomic E-state index is 12.7. The highest BCUT2D eigenvalue weighted by Gasteiger charge is 2.23. The van der Waals surface area contributed by atoms with Crippen LogP contribution in [-0.4, -0.2) is 38.1 Å². The average molecular weight is 404 g/mol. The molecule has 2 rings (SSSR count). The molecule has 0 radical (unpaired) electrons. The van der Waals surface area contributed by atoms with Crippen LogP contribution in [0.25, 0.3) is 0 Å². The Labute approximate surface area is 165 Å². The van der Waals surface area contributed by atoms with Gasteiger partial charge in [-0.1, -0.05) is 25.1 Å². The largest absolute Gasteiger partial charge is 0.326 e. The zero-order valence-corrected chi connectivity index (χ0v) is 17.3. The van der Waals surface area contributed by atoms with Gasteiger partial charge in [0.25, 0.3) is 0 Å². The number of para-hydroxylation sites is 1. The number of aryl methyl sites for hydroxylation is 2. The van der Waals surface area contributed by atoms with E-state index in [9.17, 15) is 18.0 Å². The molecule has 28 heavy (non-hydrogen) atoms. The zero-order valence-electron chi connectivity index (χ0n) is 16.4. The van der Waals surface area contributed by atoms with E-state index >= 15 is 0 Å². The number of rotatable bonds is 7. The summed E-state index contributed by atoms with van der Waals surface area (Å²) in [6.45, 7) is 4.94. The quantitative estimate of drug-likeness (QED) is 0.743. The van der Waals surface area contributed by atoms with Crippen molar-refractivity contribution in [3.8, 4) is 0 Å². The van der Waals surface area contributed by atoms with Gasteiger partial charge in [0.05, 0.1) is 11.4 Å². The number of anilines is 2. The third kappa shape index (κ3) is 5.17. The normalized spacial score (nSPS) is 11.3. The molecule has 2 aromatic rings. The summed E-state index contributed by atoms with van der Waals surface area (Å²) in [5, 5.41) is 5.40. The van der Waals surface area contributed by atoms with Crippen LogP contribution in [0.4, 0.5) is 11.4 Å². The van der Waals surface area contributed by atoms with Gasteiger partial charge >= 0.3 is 0 Å². The predicted molar refractivity (Wildman–Crippen MR) is 110 cm³/mol. The molecule has 0 spiro atoms. The highest BCUT2D eigenvalue weighted by Crippen LogP contribution is 2.22. The minimum Gasteiger partial charge on any atom is -0.326 e. The van der Waals surface area contributed by atoms with Crippen LogP contribution in [0.5, 0.6) is 0 Å². The molecule has 2 N–H and O–H groups in total. The van der Waals surface area contributed by atoms with Crippen LogP contribution in [0, 0.1) is 6.92 Å². The Kier molecular flexibility index (Phi) is 6.93. The fourth-order valence-corrected chi connectivity index (χ4v) is 3.89. The summed E-state index contributed by atoms with van der Waals surface area (Å²) in [5.41, 5.74) is 3.14. The molecule has 150 valence electrons. The van der Waals surface area contributed by atoms with Crippen molar-refractivity contribution in [2.75, 3.05) is 24.2 Å². The van der Waals surface area contributed by atoms with Gasteiger partial charge in [-0.2, -0.15) is 4.31 Å². The van der Waals surface area contributed by atoms with Crippen LogP contribution in [-0.2, 0) is 26.0 Å². The topological polar surface area (TPSA) is 95.6 Å². The van der Waals surface area contributed by atoms with E-state index in [-0.39, 0.29) is 17.3 Å². The van der Waals surface area contributed by atoms with E-state index in [1.54, 1.807) is 0 Å². The van der Waals surface area contributed by atoms with Crippen molar-refractivity contribution >= 4 is 33.2 Å². The minimum absolute atomic E-state index is 0.0436. The Bertz CT molecular complexity index is 969. The molecular formula is C20H25N3O4S. The summed E-state index contributed by atoms with van der Waals surface area (Å²) in [6.07, 6.45) is 0.756. The molecule has 2 amide bonds. The third-order valence-electron chi connectivity index (χ3n) is 4.25. The van der Waals surface area contributed by atoms with Gasteiger partial charge in [0.2, 0.25) is 21.8 Å². The van der Waals surface area contributed by atoms with Gasteiger partial charge < -0.3 is 10.6 Å². The van der Waals surface area contributed by atoms with E-state index in [2.05, 4.69) is 10.6 Å². The third-order valence-corrected chi connectivity index (χ3v) is 6.07. The van der Waals surface area contributed by atoms with Crippen LogP contribution < -0.4 is 10.6 Å². The molecule has 0 atom stereocenters. The van der Waals surface area contributed by atoms with Gasteiger partial charge in [0.15, 0.2) is 0 Å². The van der Waals surface area contributed by atoms with Crippen molar-refractivity contribution in [2.45, 2.75) is 32.1 Å². The van der Waals surface area contributed by atoms with E-state index in [1.165, 1.54) is 38.2 Å². The average Bonchev–Trinajstić information content (AvgIpc) is 2.63. The summed E-state index contributed by atoms with van der Waals surface area (Å²) >= 11 is 0. The molecule has 7 nitrogen and oxygen atoms in total.